The van der Waals surface area contributed by atoms with Crippen LogP contribution >= 0.6 is 24.4 Å². The fraction of sp³-hybridized carbons (Fsp3) is 0.400. The van der Waals surface area contributed by atoms with Crippen molar-refractivity contribution in [3.05, 3.63) is 35.9 Å². The Morgan fingerprint density at radius 1 is 1.38 bits per heavy atom. The summed E-state index contributed by atoms with van der Waals surface area (Å²) < 4.78 is 5.37. The van der Waals surface area contributed by atoms with Gasteiger partial charge in [0.25, 0.3) is 0 Å². The van der Waals surface area contributed by atoms with Gasteiger partial charge in [0.1, 0.15) is 5.44 Å². The number of thiol groups is 1. The van der Waals surface area contributed by atoms with Gasteiger partial charge in [-0.25, -0.2) is 0 Å². The van der Waals surface area contributed by atoms with Crippen LogP contribution in [0.15, 0.2) is 30.3 Å². The van der Waals surface area contributed by atoms with E-state index in [1.165, 1.54) is 5.56 Å². The molecule has 0 saturated carbocycles. The van der Waals surface area contributed by atoms with Crippen molar-refractivity contribution >= 4 is 24.4 Å². The molecule has 1 aromatic carbocycles. The molecular formula is C10H14OS2. The van der Waals surface area contributed by atoms with Crippen molar-refractivity contribution in [2.75, 3.05) is 18.6 Å². The van der Waals surface area contributed by atoms with Gasteiger partial charge in [-0.2, -0.15) is 12.6 Å². The highest BCUT2D eigenvalue weighted by Gasteiger charge is 2.08. The lowest BCUT2D eigenvalue weighted by molar-refractivity contribution is 0.176. The summed E-state index contributed by atoms with van der Waals surface area (Å²) in [5.74, 6) is 1.90. The Bertz CT molecular complexity index is 226. The Balaban J connectivity index is 2.56. The second-order valence-electron chi connectivity index (χ2n) is 2.57. The number of hydrogen-bond acceptors (Lipinski definition) is 3. The van der Waals surface area contributed by atoms with E-state index in [1.54, 1.807) is 18.9 Å². The number of hydrogen-bond donors (Lipinski definition) is 1. The minimum absolute atomic E-state index is 0.147. The summed E-state index contributed by atoms with van der Waals surface area (Å²) in [5, 5.41) is 0. The molecule has 0 aliphatic rings. The van der Waals surface area contributed by atoms with Crippen molar-refractivity contribution in [3.8, 4) is 0 Å². The van der Waals surface area contributed by atoms with Gasteiger partial charge in [0.15, 0.2) is 0 Å². The van der Waals surface area contributed by atoms with E-state index in [0.29, 0.717) is 0 Å². The van der Waals surface area contributed by atoms with Gasteiger partial charge < -0.3 is 4.74 Å². The largest absolute Gasteiger partial charge is 0.366 e. The molecule has 0 saturated heterocycles. The highest BCUT2D eigenvalue weighted by atomic mass is 32.2. The van der Waals surface area contributed by atoms with Gasteiger partial charge in [0.05, 0.1) is 0 Å². The van der Waals surface area contributed by atoms with Crippen LogP contribution in [0.4, 0.5) is 0 Å². The number of thioether (sulfide) groups is 1. The molecule has 0 radical (unpaired) electrons. The van der Waals surface area contributed by atoms with Gasteiger partial charge in [-0.05, 0) is 11.3 Å². The zero-order chi connectivity index (χ0) is 9.52. The zero-order valence-electron chi connectivity index (χ0n) is 7.64. The number of methoxy groups -OCH3 is 1. The lowest BCUT2D eigenvalue weighted by atomic mass is 10.2. The van der Waals surface area contributed by atoms with Crippen LogP contribution in [0.5, 0.6) is 0 Å². The van der Waals surface area contributed by atoms with Crippen molar-refractivity contribution in [3.63, 3.8) is 0 Å². The summed E-state index contributed by atoms with van der Waals surface area (Å²) in [7, 11) is 1.74. The standard InChI is InChI=1S/C10H14OS2/c1-11-10(13-8-7-12)9-5-3-2-4-6-9/h2-6,10,12H,7-8H2,1H3. The van der Waals surface area contributed by atoms with E-state index in [2.05, 4.69) is 24.8 Å². The summed E-state index contributed by atoms with van der Waals surface area (Å²) in [6.07, 6.45) is 0. The predicted molar refractivity (Wildman–Crippen MR) is 62.5 cm³/mol. The Morgan fingerprint density at radius 2 is 2.08 bits per heavy atom. The lowest BCUT2D eigenvalue weighted by Crippen LogP contribution is -1.98. The van der Waals surface area contributed by atoms with Crippen molar-refractivity contribution in [2.45, 2.75) is 5.44 Å². The maximum absolute atomic E-state index is 5.37. The fourth-order valence-corrected chi connectivity index (χ4v) is 2.19. The first-order valence-corrected chi connectivity index (χ1v) is 5.87. The van der Waals surface area contributed by atoms with E-state index < -0.39 is 0 Å². The molecule has 72 valence electrons. The second kappa shape index (κ2) is 6.35. The Morgan fingerprint density at radius 3 is 2.62 bits per heavy atom. The highest BCUT2D eigenvalue weighted by molar-refractivity contribution is 8.00. The van der Waals surface area contributed by atoms with Crippen LogP contribution in [0.25, 0.3) is 0 Å². The van der Waals surface area contributed by atoms with E-state index >= 15 is 0 Å². The van der Waals surface area contributed by atoms with Crippen molar-refractivity contribution in [2.24, 2.45) is 0 Å². The maximum Gasteiger partial charge on any atom is 0.128 e. The summed E-state index contributed by atoms with van der Waals surface area (Å²) in [6.45, 7) is 0. The molecule has 0 spiro atoms. The number of benzene rings is 1. The average molecular weight is 214 g/mol. The van der Waals surface area contributed by atoms with Crippen LogP contribution < -0.4 is 0 Å². The molecule has 1 unspecified atom stereocenters. The second-order valence-corrected chi connectivity index (χ2v) is 4.19. The first kappa shape index (κ1) is 11.0. The third-order valence-corrected chi connectivity index (χ3v) is 3.38. The van der Waals surface area contributed by atoms with E-state index in [4.69, 9.17) is 4.74 Å². The number of ether oxygens (including phenoxy) is 1. The molecule has 13 heavy (non-hydrogen) atoms. The average Bonchev–Trinajstić information content (AvgIpc) is 2.21. The van der Waals surface area contributed by atoms with Gasteiger partial charge in [0, 0.05) is 12.9 Å². The summed E-state index contributed by atoms with van der Waals surface area (Å²) >= 11 is 5.95. The molecule has 0 bridgehead atoms. The summed E-state index contributed by atoms with van der Waals surface area (Å²) in [6, 6.07) is 10.2. The minimum atomic E-state index is 0.147. The molecule has 3 heteroatoms. The molecule has 1 aromatic rings. The fourth-order valence-electron chi connectivity index (χ4n) is 1.07. The van der Waals surface area contributed by atoms with Gasteiger partial charge in [-0.15, -0.1) is 11.8 Å². The molecule has 0 amide bonds. The van der Waals surface area contributed by atoms with Gasteiger partial charge in [0.2, 0.25) is 0 Å². The molecule has 0 aliphatic heterocycles. The monoisotopic (exact) mass is 214 g/mol. The Kier molecular flexibility index (Phi) is 5.35. The van der Waals surface area contributed by atoms with Crippen LogP contribution in [0, 0.1) is 0 Å². The van der Waals surface area contributed by atoms with Crippen molar-refractivity contribution < 1.29 is 4.74 Å². The van der Waals surface area contributed by atoms with E-state index in [-0.39, 0.29) is 5.44 Å². The zero-order valence-corrected chi connectivity index (χ0v) is 9.35. The minimum Gasteiger partial charge on any atom is -0.366 e. The topological polar surface area (TPSA) is 9.23 Å². The van der Waals surface area contributed by atoms with E-state index in [1.807, 2.05) is 18.2 Å². The van der Waals surface area contributed by atoms with Crippen molar-refractivity contribution in [1.29, 1.82) is 0 Å². The third kappa shape index (κ3) is 3.63. The quantitative estimate of drug-likeness (QED) is 0.596. The maximum atomic E-state index is 5.37. The van der Waals surface area contributed by atoms with Crippen LogP contribution in [0.1, 0.15) is 11.0 Å². The van der Waals surface area contributed by atoms with Gasteiger partial charge in [-0.1, -0.05) is 30.3 Å². The van der Waals surface area contributed by atoms with Crippen LogP contribution in [-0.4, -0.2) is 18.6 Å². The van der Waals surface area contributed by atoms with Gasteiger partial charge in [-0.3, -0.25) is 0 Å². The molecule has 1 rings (SSSR count). The normalized spacial score (nSPS) is 12.8. The predicted octanol–water partition coefficient (Wildman–Crippen LogP) is 2.99. The highest BCUT2D eigenvalue weighted by Crippen LogP contribution is 2.28. The van der Waals surface area contributed by atoms with Crippen molar-refractivity contribution in [1.82, 2.24) is 0 Å². The van der Waals surface area contributed by atoms with Crippen LogP contribution in [0.2, 0.25) is 0 Å². The molecule has 0 aliphatic carbocycles. The van der Waals surface area contributed by atoms with E-state index in [0.717, 1.165) is 11.5 Å². The Hall–Kier alpha value is -0.120. The van der Waals surface area contributed by atoms with E-state index in [9.17, 15) is 0 Å². The molecule has 1 nitrogen and oxygen atoms in total. The molecule has 0 heterocycles. The number of rotatable bonds is 5. The molecule has 1 atom stereocenters. The molecule has 0 N–H and O–H groups in total. The van der Waals surface area contributed by atoms with Crippen LogP contribution in [-0.2, 0) is 4.74 Å². The molecule has 0 aromatic heterocycles. The Labute approximate surface area is 89.3 Å². The van der Waals surface area contributed by atoms with Gasteiger partial charge >= 0.3 is 0 Å². The first-order chi connectivity index (χ1) is 6.38. The summed E-state index contributed by atoms with van der Waals surface area (Å²) in [4.78, 5) is 0. The molecule has 0 fully saturated rings. The SMILES string of the molecule is COC(SCCS)c1ccccc1. The summed E-state index contributed by atoms with van der Waals surface area (Å²) in [5.41, 5.74) is 1.37. The molecular weight excluding hydrogens is 200 g/mol. The van der Waals surface area contributed by atoms with Crippen LogP contribution in [0.3, 0.4) is 0 Å². The lowest BCUT2D eigenvalue weighted by Gasteiger charge is -2.14. The smallest absolute Gasteiger partial charge is 0.128 e. The third-order valence-electron chi connectivity index (χ3n) is 1.65. The first-order valence-electron chi connectivity index (χ1n) is 4.18.